The lowest BCUT2D eigenvalue weighted by molar-refractivity contribution is 0.233. The first kappa shape index (κ1) is 15.2. The molecule has 0 aliphatic rings. The summed E-state index contributed by atoms with van der Waals surface area (Å²) >= 11 is 0. The Morgan fingerprint density at radius 2 is 1.53 bits per heavy atom. The lowest BCUT2D eigenvalue weighted by Gasteiger charge is -2.10. The molecule has 92 valence electrons. The Morgan fingerprint density at radius 1 is 1.00 bits per heavy atom. The molecule has 4 heteroatoms. The first-order valence-corrected chi connectivity index (χ1v) is 7.89. The van der Waals surface area contributed by atoms with Crippen LogP contribution in [0.3, 0.4) is 0 Å². The molecule has 0 heterocycles. The molecule has 0 bridgehead atoms. The average Bonchev–Trinajstić information content (AvgIpc) is 2.22. The maximum atomic E-state index is 11.3. The minimum atomic E-state index is -2.74. The van der Waals surface area contributed by atoms with Crippen LogP contribution in [0.5, 0.6) is 0 Å². The van der Waals surface area contributed by atoms with Gasteiger partial charge in [0.05, 0.1) is 6.61 Å². The first-order chi connectivity index (χ1) is 7.12. The summed E-state index contributed by atoms with van der Waals surface area (Å²) in [5.41, 5.74) is 0. The molecular formula is C11H25O3P. The van der Waals surface area contributed by atoms with Crippen molar-refractivity contribution in [2.75, 3.05) is 20.4 Å². The Morgan fingerprint density at radius 3 is 2.07 bits per heavy atom. The summed E-state index contributed by atoms with van der Waals surface area (Å²) < 4.78 is 21.2. The molecule has 15 heavy (non-hydrogen) atoms. The number of rotatable bonds is 10. The third-order valence-electron chi connectivity index (χ3n) is 2.41. The van der Waals surface area contributed by atoms with E-state index in [9.17, 15) is 4.57 Å². The zero-order chi connectivity index (χ0) is 11.6. The molecule has 0 aromatic carbocycles. The fourth-order valence-electron chi connectivity index (χ4n) is 1.34. The van der Waals surface area contributed by atoms with E-state index < -0.39 is 7.60 Å². The molecule has 0 aliphatic carbocycles. The zero-order valence-electron chi connectivity index (χ0n) is 10.3. The van der Waals surface area contributed by atoms with Crippen molar-refractivity contribution < 1.29 is 13.6 Å². The third kappa shape index (κ3) is 10.4. The topological polar surface area (TPSA) is 35.5 Å². The normalized spacial score (nSPS) is 15.1. The van der Waals surface area contributed by atoms with Crippen molar-refractivity contribution in [1.29, 1.82) is 0 Å². The summed E-state index contributed by atoms with van der Waals surface area (Å²) in [6.07, 6.45) is 8.66. The van der Waals surface area contributed by atoms with Crippen LogP contribution in [0.1, 0.15) is 51.9 Å². The Kier molecular flexibility index (Phi) is 9.48. The van der Waals surface area contributed by atoms with E-state index in [1.54, 1.807) is 0 Å². The van der Waals surface area contributed by atoms with Crippen LogP contribution in [0.25, 0.3) is 0 Å². The zero-order valence-corrected chi connectivity index (χ0v) is 11.2. The van der Waals surface area contributed by atoms with E-state index in [4.69, 9.17) is 9.05 Å². The fraction of sp³-hybridized carbons (Fsp3) is 1.00. The van der Waals surface area contributed by atoms with Crippen molar-refractivity contribution in [1.82, 2.24) is 0 Å². The highest BCUT2D eigenvalue weighted by Crippen LogP contribution is 2.42. The van der Waals surface area contributed by atoms with Crippen molar-refractivity contribution in [3.8, 4) is 0 Å². The van der Waals surface area contributed by atoms with Crippen molar-refractivity contribution in [3.63, 3.8) is 0 Å². The van der Waals surface area contributed by atoms with Gasteiger partial charge in [0.25, 0.3) is 0 Å². The van der Waals surface area contributed by atoms with Gasteiger partial charge in [-0.15, -0.1) is 0 Å². The third-order valence-corrected chi connectivity index (χ3v) is 3.72. The van der Waals surface area contributed by atoms with Gasteiger partial charge >= 0.3 is 7.60 Å². The maximum Gasteiger partial charge on any atom is 0.327 e. The van der Waals surface area contributed by atoms with Gasteiger partial charge in [0, 0.05) is 13.8 Å². The van der Waals surface area contributed by atoms with E-state index in [0.29, 0.717) is 6.61 Å². The second kappa shape index (κ2) is 9.38. The van der Waals surface area contributed by atoms with Crippen LogP contribution in [0.15, 0.2) is 0 Å². The van der Waals surface area contributed by atoms with Gasteiger partial charge in [-0.2, -0.15) is 0 Å². The molecule has 0 N–H and O–H groups in total. The summed E-state index contributed by atoms with van der Waals surface area (Å²) in [5.74, 6) is 0. The minimum absolute atomic E-state index is 0.551. The molecule has 3 nitrogen and oxygen atoms in total. The predicted molar refractivity (Wildman–Crippen MR) is 64.5 cm³/mol. The first-order valence-electron chi connectivity index (χ1n) is 5.90. The van der Waals surface area contributed by atoms with Gasteiger partial charge in [0.2, 0.25) is 0 Å². The SMILES string of the molecule is CCCCCCCCCOP(C)(=O)OC. The molecule has 0 aliphatic heterocycles. The van der Waals surface area contributed by atoms with E-state index in [2.05, 4.69) is 6.92 Å². The molecular weight excluding hydrogens is 211 g/mol. The highest BCUT2D eigenvalue weighted by Gasteiger charge is 2.12. The standard InChI is InChI=1S/C11H25O3P/c1-4-5-6-7-8-9-10-11-14-15(3,12)13-2/h4-11H2,1-3H3. The van der Waals surface area contributed by atoms with Gasteiger partial charge in [-0.3, -0.25) is 4.57 Å². The largest absolute Gasteiger partial charge is 0.327 e. The Hall–Kier alpha value is 0.150. The molecule has 0 radical (unpaired) electrons. The lowest BCUT2D eigenvalue weighted by Crippen LogP contribution is -1.94. The molecule has 0 rings (SSSR count). The number of unbranched alkanes of at least 4 members (excludes halogenated alkanes) is 6. The molecule has 0 amide bonds. The van der Waals surface area contributed by atoms with Gasteiger partial charge < -0.3 is 9.05 Å². The van der Waals surface area contributed by atoms with Crippen LogP contribution in [-0.4, -0.2) is 20.4 Å². The Bertz CT molecular complexity index is 183. The van der Waals surface area contributed by atoms with Crippen LogP contribution in [0.4, 0.5) is 0 Å². The van der Waals surface area contributed by atoms with Crippen LogP contribution in [-0.2, 0) is 13.6 Å². The van der Waals surface area contributed by atoms with Crippen molar-refractivity contribution >= 4 is 7.60 Å². The van der Waals surface area contributed by atoms with E-state index in [1.807, 2.05) is 0 Å². The van der Waals surface area contributed by atoms with Crippen molar-refractivity contribution in [2.24, 2.45) is 0 Å². The van der Waals surface area contributed by atoms with Crippen LogP contribution in [0.2, 0.25) is 0 Å². The Balaban J connectivity index is 3.15. The summed E-state index contributed by atoms with van der Waals surface area (Å²) in [6.45, 7) is 4.28. The molecule has 0 saturated heterocycles. The minimum Gasteiger partial charge on any atom is -0.312 e. The Labute approximate surface area is 94.1 Å². The van der Waals surface area contributed by atoms with Crippen LogP contribution >= 0.6 is 7.60 Å². The maximum absolute atomic E-state index is 11.3. The molecule has 0 fully saturated rings. The van der Waals surface area contributed by atoms with E-state index >= 15 is 0 Å². The van der Waals surface area contributed by atoms with Gasteiger partial charge in [0.15, 0.2) is 0 Å². The summed E-state index contributed by atoms with van der Waals surface area (Å²) in [4.78, 5) is 0. The average molecular weight is 236 g/mol. The summed E-state index contributed by atoms with van der Waals surface area (Å²) in [5, 5.41) is 0. The number of hydrogen-bond acceptors (Lipinski definition) is 3. The monoisotopic (exact) mass is 236 g/mol. The molecule has 0 saturated carbocycles. The molecule has 0 aromatic rings. The molecule has 0 aromatic heterocycles. The number of hydrogen-bond donors (Lipinski definition) is 0. The van der Waals surface area contributed by atoms with Gasteiger partial charge in [-0.05, 0) is 6.42 Å². The van der Waals surface area contributed by atoms with Crippen LogP contribution < -0.4 is 0 Å². The van der Waals surface area contributed by atoms with Gasteiger partial charge in [-0.1, -0.05) is 45.4 Å². The fourth-order valence-corrected chi connectivity index (χ4v) is 1.91. The molecule has 1 atom stereocenters. The smallest absolute Gasteiger partial charge is 0.312 e. The summed E-state index contributed by atoms with van der Waals surface area (Å²) in [7, 11) is -1.32. The molecule has 1 unspecified atom stereocenters. The highest BCUT2D eigenvalue weighted by molar-refractivity contribution is 7.52. The van der Waals surface area contributed by atoms with Crippen LogP contribution in [0, 0.1) is 0 Å². The second-order valence-corrected chi connectivity index (χ2v) is 6.07. The highest BCUT2D eigenvalue weighted by atomic mass is 31.2. The lowest BCUT2D eigenvalue weighted by atomic mass is 10.1. The quantitative estimate of drug-likeness (QED) is 0.420. The van der Waals surface area contributed by atoms with E-state index in [0.717, 1.165) is 12.8 Å². The van der Waals surface area contributed by atoms with Gasteiger partial charge in [-0.25, -0.2) is 0 Å². The second-order valence-electron chi connectivity index (χ2n) is 3.91. The van der Waals surface area contributed by atoms with Gasteiger partial charge in [0.1, 0.15) is 0 Å². The predicted octanol–water partition coefficient (Wildman–Crippen LogP) is 4.22. The molecule has 0 spiro atoms. The summed E-state index contributed by atoms with van der Waals surface area (Å²) in [6, 6.07) is 0. The van der Waals surface area contributed by atoms with E-state index in [-0.39, 0.29) is 0 Å². The van der Waals surface area contributed by atoms with Crippen molar-refractivity contribution in [2.45, 2.75) is 51.9 Å². The van der Waals surface area contributed by atoms with E-state index in [1.165, 1.54) is 45.9 Å². The van der Waals surface area contributed by atoms with Crippen molar-refractivity contribution in [3.05, 3.63) is 0 Å².